The minimum Gasteiger partial charge on any atom is -0.323 e. The van der Waals surface area contributed by atoms with Crippen molar-refractivity contribution in [1.82, 2.24) is 20.0 Å². The Morgan fingerprint density at radius 2 is 1.91 bits per heavy atom. The summed E-state index contributed by atoms with van der Waals surface area (Å²) in [4.78, 5) is 39.7. The molecule has 2 atom stereocenters. The lowest BCUT2D eigenvalue weighted by molar-refractivity contribution is -0.136. The Labute approximate surface area is 202 Å². The first kappa shape index (κ1) is 23.6. The van der Waals surface area contributed by atoms with Crippen LogP contribution in [-0.4, -0.2) is 44.6 Å². The van der Waals surface area contributed by atoms with Gasteiger partial charge in [0.05, 0.1) is 12.7 Å². The summed E-state index contributed by atoms with van der Waals surface area (Å²) in [7, 11) is 0. The molecule has 1 saturated carbocycles. The Kier molecular flexibility index (Phi) is 6.18. The molecular weight excluding hydrogens is 465 g/mol. The minimum atomic E-state index is -0.943. The van der Waals surface area contributed by atoms with Gasteiger partial charge in [-0.1, -0.05) is 50.0 Å². The number of nitrogens with zero attached hydrogens (tertiary/aromatic N) is 3. The lowest BCUT2D eigenvalue weighted by atomic mass is 9.64. The maximum Gasteiger partial charge on any atom is 0.325 e. The van der Waals surface area contributed by atoms with E-state index in [9.17, 15) is 14.4 Å². The number of hydrogen-bond donors (Lipinski definition) is 2. The van der Waals surface area contributed by atoms with Crippen LogP contribution in [0.1, 0.15) is 45.6 Å². The van der Waals surface area contributed by atoms with E-state index in [-0.39, 0.29) is 30.3 Å². The first-order valence-electron chi connectivity index (χ1n) is 10.9. The zero-order valence-corrected chi connectivity index (χ0v) is 20.3. The van der Waals surface area contributed by atoms with Crippen molar-refractivity contribution in [3.63, 3.8) is 0 Å². The molecule has 1 aromatic heterocycles. The van der Waals surface area contributed by atoms with Crippen LogP contribution in [0.4, 0.5) is 10.6 Å². The topological polar surface area (TPSA) is 96.3 Å². The molecule has 8 nitrogen and oxygen atoms in total. The number of carbonyl (C=O) groups excluding carboxylic acids is 3. The molecule has 2 aliphatic rings. The van der Waals surface area contributed by atoms with Gasteiger partial charge in [0.15, 0.2) is 0 Å². The van der Waals surface area contributed by atoms with Crippen molar-refractivity contribution in [2.45, 2.75) is 52.1 Å². The Morgan fingerprint density at radius 1 is 1.21 bits per heavy atom. The number of benzene rings is 1. The van der Waals surface area contributed by atoms with Gasteiger partial charge in [0.2, 0.25) is 5.91 Å². The van der Waals surface area contributed by atoms with Gasteiger partial charge in [-0.25, -0.2) is 9.48 Å². The molecule has 1 spiro atoms. The summed E-state index contributed by atoms with van der Waals surface area (Å²) in [5, 5.41) is 10.8. The molecular formula is C23H27Cl2N5O3. The van der Waals surface area contributed by atoms with E-state index in [4.69, 9.17) is 23.2 Å². The zero-order chi connectivity index (χ0) is 24.0. The molecule has 4 rings (SSSR count). The molecule has 0 radical (unpaired) electrons. The van der Waals surface area contributed by atoms with Gasteiger partial charge in [-0.2, -0.15) is 5.10 Å². The molecule has 2 N–H and O–H groups in total. The van der Waals surface area contributed by atoms with E-state index in [1.165, 1.54) is 6.20 Å². The van der Waals surface area contributed by atoms with E-state index >= 15 is 0 Å². The van der Waals surface area contributed by atoms with Crippen LogP contribution >= 0.6 is 23.2 Å². The third-order valence-corrected chi connectivity index (χ3v) is 6.99. The van der Waals surface area contributed by atoms with E-state index in [1.54, 1.807) is 28.9 Å². The lowest BCUT2D eigenvalue weighted by Crippen LogP contribution is -2.54. The summed E-state index contributed by atoms with van der Waals surface area (Å²) in [5.74, 6) is -0.132. The minimum absolute atomic E-state index is 0.0780. The molecule has 1 aliphatic heterocycles. The van der Waals surface area contributed by atoms with Gasteiger partial charge in [-0.15, -0.1) is 0 Å². The highest BCUT2D eigenvalue weighted by atomic mass is 35.5. The van der Waals surface area contributed by atoms with Crippen LogP contribution < -0.4 is 10.6 Å². The summed E-state index contributed by atoms with van der Waals surface area (Å²) in [5.41, 5.74) is -0.350. The van der Waals surface area contributed by atoms with Crippen LogP contribution in [0.2, 0.25) is 10.0 Å². The van der Waals surface area contributed by atoms with Crippen molar-refractivity contribution in [2.24, 2.45) is 11.3 Å². The third-order valence-electron chi connectivity index (χ3n) is 6.28. The largest absolute Gasteiger partial charge is 0.325 e. The molecule has 0 bridgehead atoms. The second-order valence-corrected chi connectivity index (χ2v) is 10.7. The number of nitrogens with one attached hydrogen (secondary N) is 2. The number of rotatable bonds is 5. The monoisotopic (exact) mass is 491 g/mol. The van der Waals surface area contributed by atoms with Crippen molar-refractivity contribution in [3.05, 3.63) is 46.1 Å². The summed E-state index contributed by atoms with van der Waals surface area (Å²) >= 11 is 12.5. The van der Waals surface area contributed by atoms with Crippen LogP contribution in [0.3, 0.4) is 0 Å². The molecule has 1 aliphatic carbocycles. The van der Waals surface area contributed by atoms with Crippen LogP contribution in [-0.2, 0) is 16.1 Å². The summed E-state index contributed by atoms with van der Waals surface area (Å²) in [6.45, 7) is 6.17. The molecule has 10 heteroatoms. The third kappa shape index (κ3) is 4.73. The fourth-order valence-corrected chi connectivity index (χ4v) is 5.89. The van der Waals surface area contributed by atoms with E-state index in [0.717, 1.165) is 11.3 Å². The average Bonchev–Trinajstić information content (AvgIpc) is 3.21. The summed E-state index contributed by atoms with van der Waals surface area (Å²) in [6.07, 6.45) is 3.65. The molecule has 33 heavy (non-hydrogen) atoms. The maximum absolute atomic E-state index is 13.3. The highest BCUT2D eigenvalue weighted by molar-refractivity contribution is 6.36. The predicted octanol–water partition coefficient (Wildman–Crippen LogP) is 4.31. The molecule has 176 valence electrons. The maximum atomic E-state index is 13.3. The fraction of sp³-hybridized carbons (Fsp3) is 0.478. The van der Waals surface area contributed by atoms with Gasteiger partial charge in [0.25, 0.3) is 5.91 Å². The van der Waals surface area contributed by atoms with Gasteiger partial charge in [-0.3, -0.25) is 14.5 Å². The van der Waals surface area contributed by atoms with Crippen LogP contribution in [0, 0.1) is 11.3 Å². The van der Waals surface area contributed by atoms with E-state index in [2.05, 4.69) is 36.5 Å². The molecule has 1 saturated heterocycles. The normalized spacial score (nSPS) is 24.3. The van der Waals surface area contributed by atoms with Gasteiger partial charge in [0.1, 0.15) is 17.9 Å². The van der Waals surface area contributed by atoms with Crippen molar-refractivity contribution in [3.8, 4) is 0 Å². The number of urea groups is 1. The van der Waals surface area contributed by atoms with E-state index in [1.807, 2.05) is 0 Å². The SMILES string of the molecule is CC1CC(C)(C)CC2(C1)NC(=O)N(CC(=O)Nc1ccnn1Cc1c(Cl)cccc1Cl)C2=O. The molecule has 2 heterocycles. The smallest absolute Gasteiger partial charge is 0.323 e. The van der Waals surface area contributed by atoms with Crippen molar-refractivity contribution < 1.29 is 14.4 Å². The van der Waals surface area contributed by atoms with Gasteiger partial charge < -0.3 is 10.6 Å². The van der Waals surface area contributed by atoms with Gasteiger partial charge >= 0.3 is 6.03 Å². The number of amides is 4. The highest BCUT2D eigenvalue weighted by Gasteiger charge is 2.56. The number of halogens is 2. The quantitative estimate of drug-likeness (QED) is 0.608. The molecule has 2 fully saturated rings. The second-order valence-electron chi connectivity index (χ2n) is 9.88. The number of imide groups is 1. The summed E-state index contributed by atoms with van der Waals surface area (Å²) in [6, 6.07) is 6.30. The van der Waals surface area contributed by atoms with Crippen LogP contribution in [0.25, 0.3) is 0 Å². The first-order valence-corrected chi connectivity index (χ1v) is 11.6. The van der Waals surface area contributed by atoms with Crippen molar-refractivity contribution in [1.29, 1.82) is 0 Å². The number of hydrogen-bond acceptors (Lipinski definition) is 4. The van der Waals surface area contributed by atoms with E-state index in [0.29, 0.717) is 34.3 Å². The molecule has 2 unspecified atom stereocenters. The molecule has 4 amide bonds. The Morgan fingerprint density at radius 3 is 2.58 bits per heavy atom. The average molecular weight is 492 g/mol. The Hall–Kier alpha value is -2.58. The fourth-order valence-electron chi connectivity index (χ4n) is 5.37. The second kappa shape index (κ2) is 8.65. The number of carbonyl (C=O) groups is 3. The standard InChI is InChI=1S/C23H27Cl2N5O3/c1-14-9-22(2,3)13-23(10-14)20(32)29(21(33)28-23)12-19(31)27-18-7-8-26-30(18)11-15-16(24)5-4-6-17(15)25/h4-8,14H,9-13H2,1-3H3,(H,27,31)(H,28,33). The Balaban J connectivity index is 1.46. The molecule has 1 aromatic carbocycles. The van der Waals surface area contributed by atoms with Crippen molar-refractivity contribution >= 4 is 46.9 Å². The predicted molar refractivity (Wildman–Crippen MR) is 126 cm³/mol. The molecule has 2 aromatic rings. The number of anilines is 1. The van der Waals surface area contributed by atoms with E-state index < -0.39 is 17.5 Å². The zero-order valence-electron chi connectivity index (χ0n) is 18.8. The first-order chi connectivity index (χ1) is 15.5. The van der Waals surface area contributed by atoms with Crippen LogP contribution in [0.5, 0.6) is 0 Å². The number of aromatic nitrogens is 2. The van der Waals surface area contributed by atoms with Gasteiger partial charge in [-0.05, 0) is 42.7 Å². The summed E-state index contributed by atoms with van der Waals surface area (Å²) < 4.78 is 1.55. The van der Waals surface area contributed by atoms with Crippen LogP contribution in [0.15, 0.2) is 30.5 Å². The highest BCUT2D eigenvalue weighted by Crippen LogP contribution is 2.46. The van der Waals surface area contributed by atoms with Gasteiger partial charge in [0, 0.05) is 21.7 Å². The lowest BCUT2D eigenvalue weighted by Gasteiger charge is -2.43. The Bertz CT molecular complexity index is 1100. The van der Waals surface area contributed by atoms with Crippen molar-refractivity contribution in [2.75, 3.05) is 11.9 Å².